The molecule has 2 N–H and O–H groups in total. The van der Waals surface area contributed by atoms with Gasteiger partial charge in [-0.15, -0.1) is 21.5 Å². The number of hydrogen-bond donors (Lipinski definition) is 2. The van der Waals surface area contributed by atoms with E-state index in [-0.39, 0.29) is 41.9 Å². The van der Waals surface area contributed by atoms with Gasteiger partial charge in [-0.25, -0.2) is 0 Å². The summed E-state index contributed by atoms with van der Waals surface area (Å²) in [4.78, 5) is 40.7. The molecule has 3 aromatic heterocycles. The van der Waals surface area contributed by atoms with Gasteiger partial charge in [0, 0.05) is 88.4 Å². The SMILES string of the molecule is Cc1sc2c(c1C)C(c1ccc(Cl)cc1)=N[C@@H](CC(=O)N1CCC3(CCN(C(=O)CN4CCC(Nc5cccc6c5cc(C#CCNc5ccc(P(C)(C)=O)cc5)n6CC(F)(F)F)CC4)CC3)C1)c1nnc(C)n1-2. The average molecular weight is 1070 g/mol. The summed E-state index contributed by atoms with van der Waals surface area (Å²) in [5, 5.41) is 18.9. The molecule has 10 rings (SSSR count). The molecule has 1 spiro atoms. The van der Waals surface area contributed by atoms with Gasteiger partial charge in [0.1, 0.15) is 30.6 Å². The lowest BCUT2D eigenvalue weighted by Crippen LogP contribution is -2.49. The molecule has 13 nitrogen and oxygen atoms in total. The van der Waals surface area contributed by atoms with E-state index in [1.807, 2.05) is 59.2 Å². The molecule has 74 heavy (non-hydrogen) atoms. The molecule has 6 aromatic rings. The Bertz CT molecular complexity index is 3240. The van der Waals surface area contributed by atoms with Crippen LogP contribution in [-0.4, -0.2) is 129 Å². The monoisotopic (exact) mass is 1060 g/mol. The van der Waals surface area contributed by atoms with Gasteiger partial charge in [0.15, 0.2) is 5.82 Å². The molecular weight excluding hydrogens is 1000 g/mol. The molecule has 0 saturated carbocycles. The summed E-state index contributed by atoms with van der Waals surface area (Å²) in [5.41, 5.74) is 6.12. The number of fused-ring (bicyclic) bond motifs is 4. The molecule has 0 aliphatic carbocycles. The van der Waals surface area contributed by atoms with E-state index in [4.69, 9.17) is 16.6 Å². The van der Waals surface area contributed by atoms with Crippen molar-refractivity contribution < 1.29 is 27.3 Å². The molecule has 2 amide bonds. The van der Waals surface area contributed by atoms with Crippen LogP contribution in [0.2, 0.25) is 5.02 Å². The molecule has 1 atom stereocenters. The number of thiophene rings is 1. The molecule has 4 aliphatic rings. The first-order valence-corrected chi connectivity index (χ1v) is 29.1. The Labute approximate surface area is 438 Å². The molecule has 3 fully saturated rings. The van der Waals surface area contributed by atoms with Crippen molar-refractivity contribution in [1.29, 1.82) is 0 Å². The zero-order chi connectivity index (χ0) is 52.1. The van der Waals surface area contributed by atoms with Gasteiger partial charge in [-0.1, -0.05) is 35.7 Å². The number of likely N-dealkylation sites (tertiary alicyclic amines) is 3. The number of nitrogens with one attached hydrogen (secondary N) is 2. The number of aliphatic imine (C=N–C) groups is 1. The fourth-order valence-corrected chi connectivity index (χ4v) is 13.3. The zero-order valence-corrected chi connectivity index (χ0v) is 44.8. The van der Waals surface area contributed by atoms with Crippen molar-refractivity contribution in [1.82, 2.24) is 34.0 Å². The van der Waals surface area contributed by atoms with Crippen molar-refractivity contribution in [3.63, 3.8) is 0 Å². The van der Waals surface area contributed by atoms with Crippen LogP contribution in [0.15, 0.2) is 77.8 Å². The summed E-state index contributed by atoms with van der Waals surface area (Å²) in [6.07, 6.45) is -0.175. The number of aryl methyl sites for hydroxylation is 2. The standard InChI is InChI=1S/C55H61ClF3N10O3PS/c1-35-36(2)74-53-50(35)51(38-11-13-39(56)14-12-38)62-46(52-64-63-37(3)69(52)53)31-48(70)67-29-23-54(33-67)21-27-66(28-22-54)49(71)32-65-25-19-41(20-26-65)61-45-9-6-10-47-44(45)30-42(68(47)34-55(57,58)59)8-7-24-60-40-15-17-43(18-16-40)73(4,5)72/h6,9-18,30,41,46,60-61H,19-29,31-34H2,1-5H3/t46-/m0/s1. The lowest BCUT2D eigenvalue weighted by atomic mass is 9.77. The van der Waals surface area contributed by atoms with Crippen LogP contribution in [0.25, 0.3) is 15.9 Å². The average Bonchev–Trinajstić information content (AvgIpc) is 4.11. The number of amides is 2. The number of carbonyl (C=O) groups excluding carboxylic acids is 2. The lowest BCUT2D eigenvalue weighted by Gasteiger charge is -2.40. The minimum atomic E-state index is -4.45. The Morgan fingerprint density at radius 2 is 1.61 bits per heavy atom. The van der Waals surface area contributed by atoms with Crippen molar-refractivity contribution >= 4 is 75.2 Å². The smallest absolute Gasteiger partial charge is 0.382 e. The Kier molecular flexibility index (Phi) is 14.4. The zero-order valence-electron chi connectivity index (χ0n) is 42.4. The summed E-state index contributed by atoms with van der Waals surface area (Å²) in [5.74, 6) is 7.52. The largest absolute Gasteiger partial charge is 0.406 e. The second-order valence-corrected chi connectivity index (χ2v) is 25.6. The molecule has 19 heteroatoms. The fraction of sp³-hybridized carbons (Fsp3) is 0.436. The van der Waals surface area contributed by atoms with E-state index in [1.54, 1.807) is 55.0 Å². The summed E-state index contributed by atoms with van der Waals surface area (Å²) in [7, 11) is -2.39. The molecule has 0 radical (unpaired) electrons. The molecular formula is C55H61ClF3N10O3PS. The van der Waals surface area contributed by atoms with Crippen molar-refractivity contribution in [3.8, 4) is 16.8 Å². The van der Waals surface area contributed by atoms with E-state index < -0.39 is 25.9 Å². The maximum atomic E-state index is 14.3. The van der Waals surface area contributed by atoms with Gasteiger partial charge in [0.2, 0.25) is 11.8 Å². The highest BCUT2D eigenvalue weighted by atomic mass is 35.5. The normalized spacial score (nSPS) is 18.2. The van der Waals surface area contributed by atoms with Crippen LogP contribution in [0.3, 0.4) is 0 Å². The molecule has 7 heterocycles. The summed E-state index contributed by atoms with van der Waals surface area (Å²) < 4.78 is 57.4. The highest BCUT2D eigenvalue weighted by Crippen LogP contribution is 2.43. The van der Waals surface area contributed by atoms with E-state index in [9.17, 15) is 27.3 Å². The van der Waals surface area contributed by atoms with E-state index in [0.717, 1.165) is 82.0 Å². The predicted molar refractivity (Wildman–Crippen MR) is 289 cm³/mol. The van der Waals surface area contributed by atoms with Crippen LogP contribution in [0.5, 0.6) is 0 Å². The van der Waals surface area contributed by atoms with E-state index in [2.05, 4.69) is 56.0 Å². The first-order valence-electron chi connectivity index (χ1n) is 25.3. The predicted octanol–water partition coefficient (Wildman–Crippen LogP) is 9.84. The van der Waals surface area contributed by atoms with Crippen LogP contribution in [0, 0.1) is 38.0 Å². The minimum Gasteiger partial charge on any atom is -0.382 e. The Hall–Kier alpha value is -5.92. The van der Waals surface area contributed by atoms with Crippen molar-refractivity contribution in [3.05, 3.63) is 117 Å². The Balaban J connectivity index is 0.725. The third-order valence-corrected chi connectivity index (χ3v) is 18.4. The quantitative estimate of drug-likeness (QED) is 0.0969. The van der Waals surface area contributed by atoms with Crippen molar-refractivity contribution in [2.45, 2.75) is 84.1 Å². The Morgan fingerprint density at radius 3 is 2.30 bits per heavy atom. The van der Waals surface area contributed by atoms with Gasteiger partial charge in [-0.2, -0.15) is 13.2 Å². The number of benzene rings is 3. The molecule has 0 unspecified atom stereocenters. The second-order valence-electron chi connectivity index (χ2n) is 20.8. The van der Waals surface area contributed by atoms with Crippen molar-refractivity contribution in [2.75, 3.05) is 76.3 Å². The molecule has 388 valence electrons. The molecule has 0 bridgehead atoms. The number of piperidine rings is 2. The number of aromatic nitrogens is 4. The highest BCUT2D eigenvalue weighted by Gasteiger charge is 2.44. The van der Waals surface area contributed by atoms with Gasteiger partial charge in [0.05, 0.1) is 36.4 Å². The van der Waals surface area contributed by atoms with Gasteiger partial charge in [0.25, 0.3) is 0 Å². The van der Waals surface area contributed by atoms with E-state index >= 15 is 0 Å². The van der Waals surface area contributed by atoms with Crippen LogP contribution in [0.4, 0.5) is 24.5 Å². The number of hydrogen-bond acceptors (Lipinski definition) is 10. The van der Waals surface area contributed by atoms with Gasteiger partial charge >= 0.3 is 6.18 Å². The number of anilines is 2. The first kappa shape index (κ1) is 51.6. The van der Waals surface area contributed by atoms with Crippen molar-refractivity contribution in [2.24, 2.45) is 10.4 Å². The highest BCUT2D eigenvalue weighted by molar-refractivity contribution is 7.70. The van der Waals surface area contributed by atoms with Crippen LogP contribution >= 0.6 is 30.1 Å². The van der Waals surface area contributed by atoms with E-state index in [0.29, 0.717) is 67.6 Å². The van der Waals surface area contributed by atoms with Gasteiger partial charge in [-0.05, 0) is 138 Å². The minimum absolute atomic E-state index is 0.0370. The molecule has 3 aromatic carbocycles. The second kappa shape index (κ2) is 20.7. The number of halogens is 4. The number of nitrogens with zero attached hydrogens (tertiary/aromatic N) is 8. The lowest BCUT2D eigenvalue weighted by molar-refractivity contribution is -0.140. The topological polar surface area (TPSA) is 133 Å². The summed E-state index contributed by atoms with van der Waals surface area (Å²) >= 11 is 7.99. The first-order chi connectivity index (χ1) is 35.3. The maximum Gasteiger partial charge on any atom is 0.406 e. The summed E-state index contributed by atoms with van der Waals surface area (Å²) in [6.45, 7) is 13.0. The third-order valence-electron chi connectivity index (χ3n) is 15.4. The van der Waals surface area contributed by atoms with Crippen LogP contribution in [-0.2, 0) is 20.7 Å². The van der Waals surface area contributed by atoms with Gasteiger partial charge in [-0.3, -0.25) is 24.0 Å². The maximum absolute atomic E-state index is 14.3. The number of rotatable bonds is 11. The number of carbonyl (C=O) groups is 2. The molecule has 3 saturated heterocycles. The molecule has 4 aliphatic heterocycles. The summed E-state index contributed by atoms with van der Waals surface area (Å²) in [6, 6.07) is 21.6. The van der Waals surface area contributed by atoms with Crippen LogP contribution < -0.4 is 15.9 Å². The fourth-order valence-electron chi connectivity index (χ4n) is 11.0. The third kappa shape index (κ3) is 10.9. The van der Waals surface area contributed by atoms with E-state index in [1.165, 1.54) is 9.44 Å². The van der Waals surface area contributed by atoms with Gasteiger partial charge < -0.3 is 29.6 Å². The Morgan fingerprint density at radius 1 is 0.905 bits per heavy atom. The number of alkyl halides is 3. The van der Waals surface area contributed by atoms with Crippen LogP contribution in [0.1, 0.15) is 83.5 Å².